The van der Waals surface area contributed by atoms with Crippen LogP contribution >= 0.6 is 0 Å². The van der Waals surface area contributed by atoms with Gasteiger partial charge in [0.2, 0.25) is 5.91 Å². The number of ether oxygens (including phenoxy) is 1. The van der Waals surface area contributed by atoms with Crippen LogP contribution in [0.5, 0.6) is 5.75 Å². The van der Waals surface area contributed by atoms with Crippen molar-refractivity contribution in [3.63, 3.8) is 0 Å². The second-order valence-corrected chi connectivity index (χ2v) is 6.09. The summed E-state index contributed by atoms with van der Waals surface area (Å²) in [5, 5.41) is 2.93. The van der Waals surface area contributed by atoms with Crippen LogP contribution in [0.2, 0.25) is 0 Å². The Morgan fingerprint density at radius 3 is 2.65 bits per heavy atom. The van der Waals surface area contributed by atoms with Crippen LogP contribution in [0.15, 0.2) is 18.2 Å². The number of hydrogen-bond donors (Lipinski definition) is 2. The van der Waals surface area contributed by atoms with E-state index in [2.05, 4.69) is 17.1 Å². The predicted molar refractivity (Wildman–Crippen MR) is 97.0 cm³/mol. The molecule has 0 aromatic heterocycles. The van der Waals surface area contributed by atoms with E-state index in [4.69, 9.17) is 10.5 Å². The van der Waals surface area contributed by atoms with Crippen LogP contribution in [-0.2, 0) is 4.79 Å². The molecule has 0 aliphatic rings. The lowest BCUT2D eigenvalue weighted by Gasteiger charge is -2.25. The largest absolute Gasteiger partial charge is 0.495 e. The van der Waals surface area contributed by atoms with Crippen molar-refractivity contribution in [3.05, 3.63) is 18.2 Å². The number of unbranched alkanes of at least 4 members (excludes halogenated alkanes) is 1. The van der Waals surface area contributed by atoms with Crippen molar-refractivity contribution < 1.29 is 9.53 Å². The second-order valence-electron chi connectivity index (χ2n) is 6.09. The Hall–Kier alpha value is -1.91. The van der Waals surface area contributed by atoms with Crippen LogP contribution < -0.4 is 20.7 Å². The third-order valence-electron chi connectivity index (χ3n) is 3.61. The molecule has 0 aliphatic heterocycles. The van der Waals surface area contributed by atoms with Crippen LogP contribution in [0.1, 0.15) is 46.5 Å². The molecule has 0 bridgehead atoms. The molecule has 0 unspecified atom stereocenters. The van der Waals surface area contributed by atoms with Gasteiger partial charge in [-0.2, -0.15) is 0 Å². The molecule has 5 heteroatoms. The molecule has 5 nitrogen and oxygen atoms in total. The Morgan fingerprint density at radius 1 is 1.30 bits per heavy atom. The predicted octanol–water partition coefficient (Wildman–Crippen LogP) is 3.19. The van der Waals surface area contributed by atoms with Crippen molar-refractivity contribution in [1.82, 2.24) is 5.32 Å². The minimum Gasteiger partial charge on any atom is -0.495 e. The van der Waals surface area contributed by atoms with E-state index in [9.17, 15) is 4.79 Å². The van der Waals surface area contributed by atoms with Crippen LogP contribution in [-0.4, -0.2) is 32.1 Å². The number of nitrogen functional groups attached to an aromatic ring is 1. The molecule has 0 atom stereocenters. The van der Waals surface area contributed by atoms with Gasteiger partial charge in [-0.3, -0.25) is 4.79 Å². The average molecular weight is 321 g/mol. The van der Waals surface area contributed by atoms with Crippen LogP contribution in [0.3, 0.4) is 0 Å². The Labute approximate surface area is 140 Å². The van der Waals surface area contributed by atoms with Gasteiger partial charge >= 0.3 is 0 Å². The van der Waals surface area contributed by atoms with Gasteiger partial charge in [0, 0.05) is 37.3 Å². The van der Waals surface area contributed by atoms with Gasteiger partial charge in [-0.1, -0.05) is 6.92 Å². The standard InChI is InChI=1S/C18H31N3O2/c1-5-11-21(12-7-6-8-18(22)20-14(2)3)15-9-10-16(19)17(13-15)23-4/h9-10,13-14H,5-8,11-12,19H2,1-4H3,(H,20,22). The summed E-state index contributed by atoms with van der Waals surface area (Å²) in [6.07, 6.45) is 3.53. The number of benzene rings is 1. The zero-order valence-corrected chi connectivity index (χ0v) is 14.9. The Kier molecular flexibility index (Phi) is 8.30. The summed E-state index contributed by atoms with van der Waals surface area (Å²) >= 11 is 0. The normalized spacial score (nSPS) is 10.7. The number of hydrogen-bond acceptors (Lipinski definition) is 4. The minimum absolute atomic E-state index is 0.135. The SMILES string of the molecule is CCCN(CCCCC(=O)NC(C)C)c1ccc(N)c(OC)c1. The third-order valence-corrected chi connectivity index (χ3v) is 3.61. The fourth-order valence-corrected chi connectivity index (χ4v) is 2.52. The van der Waals surface area contributed by atoms with Crippen LogP contribution in [0, 0.1) is 0 Å². The minimum atomic E-state index is 0.135. The lowest BCUT2D eigenvalue weighted by Crippen LogP contribution is -2.30. The number of rotatable bonds is 10. The fourth-order valence-electron chi connectivity index (χ4n) is 2.52. The first-order chi connectivity index (χ1) is 11.0. The molecule has 130 valence electrons. The van der Waals surface area contributed by atoms with Gasteiger partial charge < -0.3 is 20.7 Å². The van der Waals surface area contributed by atoms with Gasteiger partial charge in [-0.15, -0.1) is 0 Å². The number of methoxy groups -OCH3 is 1. The van der Waals surface area contributed by atoms with Crippen LogP contribution in [0.4, 0.5) is 11.4 Å². The lowest BCUT2D eigenvalue weighted by molar-refractivity contribution is -0.121. The average Bonchev–Trinajstić information content (AvgIpc) is 2.50. The molecule has 0 saturated carbocycles. The van der Waals surface area contributed by atoms with E-state index in [0.717, 1.165) is 38.0 Å². The van der Waals surface area contributed by atoms with Gasteiger partial charge in [0.1, 0.15) is 5.75 Å². The van der Waals surface area contributed by atoms with Gasteiger partial charge in [-0.05, 0) is 45.2 Å². The van der Waals surface area contributed by atoms with E-state index >= 15 is 0 Å². The molecular formula is C18H31N3O2. The van der Waals surface area contributed by atoms with Gasteiger partial charge in [0.05, 0.1) is 12.8 Å². The summed E-state index contributed by atoms with van der Waals surface area (Å²) in [6, 6.07) is 6.10. The maximum atomic E-state index is 11.7. The first kappa shape index (κ1) is 19.1. The molecule has 23 heavy (non-hydrogen) atoms. The molecule has 1 amide bonds. The molecule has 0 radical (unpaired) electrons. The van der Waals surface area contributed by atoms with Crippen molar-refractivity contribution in [2.45, 2.75) is 52.5 Å². The van der Waals surface area contributed by atoms with E-state index in [1.54, 1.807) is 7.11 Å². The quantitative estimate of drug-likeness (QED) is 0.513. The number of carbonyl (C=O) groups is 1. The Bertz CT molecular complexity index is 489. The summed E-state index contributed by atoms with van der Waals surface area (Å²) in [5.74, 6) is 0.844. The maximum absolute atomic E-state index is 11.7. The molecule has 1 aromatic rings. The first-order valence-electron chi connectivity index (χ1n) is 8.45. The number of anilines is 2. The number of nitrogens with two attached hydrogens (primary N) is 1. The number of nitrogens with one attached hydrogen (secondary N) is 1. The Balaban J connectivity index is 2.54. The molecular weight excluding hydrogens is 290 g/mol. The monoisotopic (exact) mass is 321 g/mol. The molecule has 0 aliphatic carbocycles. The van der Waals surface area contributed by atoms with E-state index in [0.29, 0.717) is 17.9 Å². The number of amides is 1. The first-order valence-corrected chi connectivity index (χ1v) is 8.45. The maximum Gasteiger partial charge on any atom is 0.220 e. The van der Waals surface area contributed by atoms with Crippen molar-refractivity contribution in [1.29, 1.82) is 0 Å². The highest BCUT2D eigenvalue weighted by Gasteiger charge is 2.09. The van der Waals surface area contributed by atoms with Crippen molar-refractivity contribution in [3.8, 4) is 5.75 Å². The summed E-state index contributed by atoms with van der Waals surface area (Å²) in [6.45, 7) is 8.03. The number of nitrogens with zero attached hydrogens (tertiary/aromatic N) is 1. The van der Waals surface area contributed by atoms with Crippen molar-refractivity contribution >= 4 is 17.3 Å². The number of carbonyl (C=O) groups excluding carboxylic acids is 1. The summed E-state index contributed by atoms with van der Waals surface area (Å²) < 4.78 is 5.30. The Morgan fingerprint density at radius 2 is 2.04 bits per heavy atom. The van der Waals surface area contributed by atoms with Gasteiger partial charge in [-0.25, -0.2) is 0 Å². The molecule has 0 spiro atoms. The van der Waals surface area contributed by atoms with E-state index in [-0.39, 0.29) is 11.9 Å². The second kappa shape index (κ2) is 9.98. The molecule has 1 aromatic carbocycles. The molecule has 3 N–H and O–H groups in total. The zero-order valence-electron chi connectivity index (χ0n) is 14.9. The molecule has 1 rings (SSSR count). The zero-order chi connectivity index (χ0) is 17.2. The highest BCUT2D eigenvalue weighted by molar-refractivity contribution is 5.76. The summed E-state index contributed by atoms with van der Waals surface area (Å²) in [5.41, 5.74) is 7.65. The molecule has 0 heterocycles. The smallest absolute Gasteiger partial charge is 0.220 e. The van der Waals surface area contributed by atoms with Crippen LogP contribution in [0.25, 0.3) is 0 Å². The third kappa shape index (κ3) is 6.80. The van der Waals surface area contributed by atoms with Crippen molar-refractivity contribution in [2.75, 3.05) is 30.8 Å². The van der Waals surface area contributed by atoms with Crippen molar-refractivity contribution in [2.24, 2.45) is 0 Å². The fraction of sp³-hybridized carbons (Fsp3) is 0.611. The van der Waals surface area contributed by atoms with E-state index in [1.165, 1.54) is 0 Å². The van der Waals surface area contributed by atoms with E-state index < -0.39 is 0 Å². The topological polar surface area (TPSA) is 67.6 Å². The van der Waals surface area contributed by atoms with Gasteiger partial charge in [0.25, 0.3) is 0 Å². The summed E-state index contributed by atoms with van der Waals surface area (Å²) in [4.78, 5) is 14.0. The highest BCUT2D eigenvalue weighted by Crippen LogP contribution is 2.27. The summed E-state index contributed by atoms with van der Waals surface area (Å²) in [7, 11) is 1.63. The van der Waals surface area contributed by atoms with Gasteiger partial charge in [0.15, 0.2) is 0 Å². The molecule has 0 saturated heterocycles. The van der Waals surface area contributed by atoms with E-state index in [1.807, 2.05) is 32.0 Å². The molecule has 0 fully saturated rings. The highest BCUT2D eigenvalue weighted by atomic mass is 16.5. The lowest BCUT2D eigenvalue weighted by atomic mass is 10.2.